The highest BCUT2D eigenvalue weighted by Crippen LogP contribution is 2.25. The van der Waals surface area contributed by atoms with Crippen LogP contribution in [0.25, 0.3) is 10.9 Å². The lowest BCUT2D eigenvalue weighted by Gasteiger charge is -2.09. The lowest BCUT2D eigenvalue weighted by molar-refractivity contribution is 0.102. The number of hydrogen-bond donors (Lipinski definition) is 1. The second kappa shape index (κ2) is 5.95. The van der Waals surface area contributed by atoms with Crippen molar-refractivity contribution in [1.29, 1.82) is 0 Å². The summed E-state index contributed by atoms with van der Waals surface area (Å²) in [6, 6.07) is 15.0. The van der Waals surface area contributed by atoms with Crippen molar-refractivity contribution in [2.75, 3.05) is 5.32 Å². The number of pyridine rings is 1. The summed E-state index contributed by atoms with van der Waals surface area (Å²) in [7, 11) is 0. The molecule has 0 atom stereocenters. The summed E-state index contributed by atoms with van der Waals surface area (Å²) < 4.78 is 1.67. The lowest BCUT2D eigenvalue weighted by Crippen LogP contribution is -2.13. The number of nitrogens with one attached hydrogen (secondary N) is 1. The minimum absolute atomic E-state index is 0.167. The molecule has 3 rings (SSSR count). The second-order valence-electron chi connectivity index (χ2n) is 4.46. The summed E-state index contributed by atoms with van der Waals surface area (Å²) in [6.45, 7) is 0. The fourth-order valence-corrected chi connectivity index (χ4v) is 2.88. The Morgan fingerprint density at radius 3 is 2.67 bits per heavy atom. The number of amides is 1. The highest BCUT2D eigenvalue weighted by molar-refractivity contribution is 9.10. The molecule has 2 aromatic carbocycles. The first-order valence-electron chi connectivity index (χ1n) is 6.25. The van der Waals surface area contributed by atoms with E-state index in [0.29, 0.717) is 11.3 Å². The average Bonchev–Trinajstić information content (AvgIpc) is 2.47. The van der Waals surface area contributed by atoms with Crippen molar-refractivity contribution >= 4 is 54.4 Å². The Morgan fingerprint density at radius 2 is 1.86 bits per heavy atom. The van der Waals surface area contributed by atoms with Crippen LogP contribution in [-0.4, -0.2) is 10.9 Å². The molecule has 3 aromatic rings. The molecule has 0 radical (unpaired) electrons. The van der Waals surface area contributed by atoms with Crippen molar-refractivity contribution in [3.63, 3.8) is 0 Å². The molecule has 0 aliphatic carbocycles. The predicted octanol–water partition coefficient (Wildman–Crippen LogP) is 5.01. The van der Waals surface area contributed by atoms with E-state index in [1.165, 1.54) is 0 Å². The van der Waals surface area contributed by atoms with Gasteiger partial charge in [-0.25, -0.2) is 0 Å². The van der Waals surface area contributed by atoms with Gasteiger partial charge in [0.2, 0.25) is 0 Å². The zero-order valence-electron chi connectivity index (χ0n) is 10.8. The van der Waals surface area contributed by atoms with Crippen LogP contribution in [0.3, 0.4) is 0 Å². The Balaban J connectivity index is 1.99. The van der Waals surface area contributed by atoms with Gasteiger partial charge >= 0.3 is 0 Å². The fraction of sp³-hybridized carbons (Fsp3) is 0. The minimum atomic E-state index is -0.167. The molecule has 104 valence electrons. The van der Waals surface area contributed by atoms with Crippen molar-refractivity contribution in [2.45, 2.75) is 0 Å². The van der Waals surface area contributed by atoms with Crippen molar-refractivity contribution in [2.24, 2.45) is 0 Å². The van der Waals surface area contributed by atoms with E-state index in [9.17, 15) is 4.79 Å². The number of aromatic nitrogens is 1. The lowest BCUT2D eigenvalue weighted by atomic mass is 10.1. The monoisotopic (exact) mass is 404 g/mol. The van der Waals surface area contributed by atoms with Crippen LogP contribution in [0.5, 0.6) is 0 Å². The van der Waals surface area contributed by atoms with Gasteiger partial charge in [-0.2, -0.15) is 0 Å². The maximum atomic E-state index is 12.4. The van der Waals surface area contributed by atoms with E-state index < -0.39 is 0 Å². The molecule has 3 nitrogen and oxygen atoms in total. The molecule has 0 saturated heterocycles. The summed E-state index contributed by atoms with van der Waals surface area (Å²) in [6.07, 6.45) is 1.72. The van der Waals surface area contributed by atoms with Crippen LogP contribution in [-0.2, 0) is 0 Å². The number of carbonyl (C=O) groups excluding carboxylic acids is 1. The average molecular weight is 406 g/mol. The molecule has 1 amide bonds. The van der Waals surface area contributed by atoms with Gasteiger partial charge in [0.25, 0.3) is 5.91 Å². The van der Waals surface area contributed by atoms with Crippen molar-refractivity contribution in [3.05, 3.63) is 69.2 Å². The zero-order valence-corrected chi connectivity index (χ0v) is 14.0. The highest BCUT2D eigenvalue weighted by Gasteiger charge is 2.11. The van der Waals surface area contributed by atoms with E-state index >= 15 is 0 Å². The maximum absolute atomic E-state index is 12.4. The molecule has 5 heteroatoms. The Labute approximate surface area is 138 Å². The molecule has 0 aliphatic rings. The third-order valence-electron chi connectivity index (χ3n) is 3.04. The van der Waals surface area contributed by atoms with Gasteiger partial charge in [-0.3, -0.25) is 9.78 Å². The number of carbonyl (C=O) groups is 1. The van der Waals surface area contributed by atoms with Gasteiger partial charge in [-0.05, 0) is 56.1 Å². The van der Waals surface area contributed by atoms with E-state index in [0.717, 1.165) is 19.8 Å². The SMILES string of the molecule is O=C(Nc1cccc2cc(Br)cnc12)c1ccccc1Br. The van der Waals surface area contributed by atoms with E-state index in [-0.39, 0.29) is 5.91 Å². The van der Waals surface area contributed by atoms with Crippen LogP contribution < -0.4 is 5.32 Å². The first kappa shape index (κ1) is 14.2. The molecular weight excluding hydrogens is 396 g/mol. The van der Waals surface area contributed by atoms with Gasteiger partial charge in [-0.15, -0.1) is 0 Å². The Bertz CT molecular complexity index is 833. The number of fused-ring (bicyclic) bond motifs is 1. The summed E-state index contributed by atoms with van der Waals surface area (Å²) in [4.78, 5) is 16.7. The number of para-hydroxylation sites is 1. The summed E-state index contributed by atoms with van der Waals surface area (Å²) in [5.41, 5.74) is 2.05. The van der Waals surface area contributed by atoms with Gasteiger partial charge in [-0.1, -0.05) is 24.3 Å². The molecule has 1 heterocycles. The van der Waals surface area contributed by atoms with Crippen molar-refractivity contribution in [3.8, 4) is 0 Å². The first-order chi connectivity index (χ1) is 10.1. The smallest absolute Gasteiger partial charge is 0.256 e. The highest BCUT2D eigenvalue weighted by atomic mass is 79.9. The summed E-state index contributed by atoms with van der Waals surface area (Å²) in [5, 5.41) is 3.88. The van der Waals surface area contributed by atoms with Crippen molar-refractivity contribution in [1.82, 2.24) is 4.98 Å². The molecule has 0 unspecified atom stereocenters. The molecule has 0 spiro atoms. The topological polar surface area (TPSA) is 42.0 Å². The third-order valence-corrected chi connectivity index (χ3v) is 4.17. The number of hydrogen-bond acceptors (Lipinski definition) is 2. The Morgan fingerprint density at radius 1 is 1.05 bits per heavy atom. The van der Waals surface area contributed by atoms with Gasteiger partial charge < -0.3 is 5.32 Å². The maximum Gasteiger partial charge on any atom is 0.256 e. The number of halogens is 2. The second-order valence-corrected chi connectivity index (χ2v) is 6.23. The molecule has 0 bridgehead atoms. The van der Waals surface area contributed by atoms with E-state index in [4.69, 9.17) is 0 Å². The van der Waals surface area contributed by atoms with Crippen LogP contribution in [0.4, 0.5) is 5.69 Å². The standard InChI is InChI=1S/C16H10Br2N2O/c17-11-8-10-4-3-7-14(15(10)19-9-11)20-16(21)12-5-1-2-6-13(12)18/h1-9H,(H,20,21). The molecule has 1 N–H and O–H groups in total. The largest absolute Gasteiger partial charge is 0.320 e. The zero-order chi connectivity index (χ0) is 14.8. The van der Waals surface area contributed by atoms with Gasteiger partial charge in [0, 0.05) is 20.5 Å². The summed E-state index contributed by atoms with van der Waals surface area (Å²) in [5.74, 6) is -0.167. The number of anilines is 1. The first-order valence-corrected chi connectivity index (χ1v) is 7.84. The van der Waals surface area contributed by atoms with Crippen LogP contribution >= 0.6 is 31.9 Å². The van der Waals surface area contributed by atoms with Gasteiger partial charge in [0.15, 0.2) is 0 Å². The third kappa shape index (κ3) is 2.99. The van der Waals surface area contributed by atoms with Crippen LogP contribution in [0.15, 0.2) is 63.7 Å². The molecule has 1 aromatic heterocycles. The molecule has 0 fully saturated rings. The van der Waals surface area contributed by atoms with Crippen LogP contribution in [0, 0.1) is 0 Å². The molecule has 0 saturated carbocycles. The van der Waals surface area contributed by atoms with Crippen molar-refractivity contribution < 1.29 is 4.79 Å². The van der Waals surface area contributed by atoms with E-state index in [2.05, 4.69) is 42.2 Å². The van der Waals surface area contributed by atoms with Gasteiger partial charge in [0.05, 0.1) is 16.8 Å². The Hall–Kier alpha value is -1.72. The molecule has 0 aliphatic heterocycles. The Kier molecular flexibility index (Phi) is 4.03. The van der Waals surface area contributed by atoms with E-state index in [1.54, 1.807) is 12.3 Å². The quantitative estimate of drug-likeness (QED) is 0.650. The molecular formula is C16H10Br2N2O. The molecule has 21 heavy (non-hydrogen) atoms. The minimum Gasteiger partial charge on any atom is -0.320 e. The summed E-state index contributed by atoms with van der Waals surface area (Å²) >= 11 is 6.78. The van der Waals surface area contributed by atoms with Gasteiger partial charge in [0.1, 0.15) is 0 Å². The normalized spacial score (nSPS) is 10.6. The van der Waals surface area contributed by atoms with E-state index in [1.807, 2.05) is 42.5 Å². The number of rotatable bonds is 2. The van der Waals surface area contributed by atoms with Crippen LogP contribution in [0.2, 0.25) is 0 Å². The number of benzene rings is 2. The predicted molar refractivity (Wildman–Crippen MR) is 91.5 cm³/mol. The number of nitrogens with zero attached hydrogens (tertiary/aromatic N) is 1. The fourth-order valence-electron chi connectivity index (χ4n) is 2.07. The van der Waals surface area contributed by atoms with Crippen LogP contribution in [0.1, 0.15) is 10.4 Å².